The summed E-state index contributed by atoms with van der Waals surface area (Å²) in [5, 5.41) is 0. The Labute approximate surface area is 66.4 Å². The topological polar surface area (TPSA) is 0 Å². The SMILES string of the molecule is C=Cc1cccc(CC)c1F. The largest absolute Gasteiger partial charge is 0.206 e. The Morgan fingerprint density at radius 1 is 1.55 bits per heavy atom. The highest BCUT2D eigenvalue weighted by atomic mass is 19.1. The Morgan fingerprint density at radius 2 is 2.27 bits per heavy atom. The highest BCUT2D eigenvalue weighted by Gasteiger charge is 2.01. The first-order valence-corrected chi connectivity index (χ1v) is 3.69. The van der Waals surface area contributed by atoms with Crippen molar-refractivity contribution in [3.05, 3.63) is 41.7 Å². The van der Waals surface area contributed by atoms with Gasteiger partial charge in [0, 0.05) is 5.56 Å². The molecule has 58 valence electrons. The highest BCUT2D eigenvalue weighted by molar-refractivity contribution is 5.49. The Bertz CT molecular complexity index is 264. The molecule has 0 unspecified atom stereocenters. The molecule has 0 nitrogen and oxygen atoms in total. The number of hydrogen-bond donors (Lipinski definition) is 0. The minimum atomic E-state index is -0.134. The molecule has 0 aromatic heterocycles. The van der Waals surface area contributed by atoms with Gasteiger partial charge in [-0.1, -0.05) is 37.8 Å². The van der Waals surface area contributed by atoms with Gasteiger partial charge in [0.2, 0.25) is 0 Å². The van der Waals surface area contributed by atoms with Crippen LogP contribution >= 0.6 is 0 Å². The fourth-order valence-corrected chi connectivity index (χ4v) is 1.03. The fraction of sp³-hybridized carbons (Fsp3) is 0.200. The molecule has 11 heavy (non-hydrogen) atoms. The number of benzene rings is 1. The molecule has 0 aliphatic rings. The molecule has 1 heteroatoms. The van der Waals surface area contributed by atoms with E-state index in [1.165, 1.54) is 6.08 Å². The summed E-state index contributed by atoms with van der Waals surface area (Å²) in [6.07, 6.45) is 2.27. The van der Waals surface area contributed by atoms with Crippen LogP contribution in [-0.2, 0) is 6.42 Å². The Balaban J connectivity index is 3.20. The third-order valence-corrected chi connectivity index (χ3v) is 1.71. The third-order valence-electron chi connectivity index (χ3n) is 1.71. The van der Waals surface area contributed by atoms with Crippen molar-refractivity contribution >= 4 is 6.08 Å². The lowest BCUT2D eigenvalue weighted by Gasteiger charge is -2.01. The molecule has 1 aromatic carbocycles. The van der Waals surface area contributed by atoms with E-state index in [1.54, 1.807) is 12.1 Å². The van der Waals surface area contributed by atoms with Crippen molar-refractivity contribution in [3.8, 4) is 0 Å². The first-order valence-electron chi connectivity index (χ1n) is 3.69. The summed E-state index contributed by atoms with van der Waals surface area (Å²) in [5.74, 6) is -0.134. The molecule has 0 spiro atoms. The molecule has 0 bridgehead atoms. The van der Waals surface area contributed by atoms with Crippen LogP contribution in [0.1, 0.15) is 18.1 Å². The molecule has 0 amide bonds. The van der Waals surface area contributed by atoms with Gasteiger partial charge in [-0.3, -0.25) is 0 Å². The van der Waals surface area contributed by atoms with Crippen molar-refractivity contribution in [3.63, 3.8) is 0 Å². The van der Waals surface area contributed by atoms with Gasteiger partial charge in [0.25, 0.3) is 0 Å². The van der Waals surface area contributed by atoms with Crippen molar-refractivity contribution in [2.24, 2.45) is 0 Å². The quantitative estimate of drug-likeness (QED) is 0.607. The van der Waals surface area contributed by atoms with E-state index < -0.39 is 0 Å². The van der Waals surface area contributed by atoms with Crippen LogP contribution < -0.4 is 0 Å². The van der Waals surface area contributed by atoms with Gasteiger partial charge >= 0.3 is 0 Å². The van der Waals surface area contributed by atoms with E-state index in [4.69, 9.17) is 0 Å². The van der Waals surface area contributed by atoms with Crippen LogP contribution in [0, 0.1) is 5.82 Å². The molecule has 0 heterocycles. The molecular weight excluding hydrogens is 139 g/mol. The molecule has 1 aromatic rings. The molecule has 0 atom stereocenters. The van der Waals surface area contributed by atoms with Crippen LogP contribution in [0.25, 0.3) is 6.08 Å². The number of halogens is 1. The van der Waals surface area contributed by atoms with E-state index in [1.807, 2.05) is 13.0 Å². The van der Waals surface area contributed by atoms with Crippen LogP contribution in [0.15, 0.2) is 24.8 Å². The maximum atomic E-state index is 13.2. The molecular formula is C10H11F. The zero-order valence-electron chi connectivity index (χ0n) is 6.60. The number of aryl methyl sites for hydroxylation is 1. The minimum Gasteiger partial charge on any atom is -0.206 e. The molecule has 0 aliphatic carbocycles. The van der Waals surface area contributed by atoms with Crippen LogP contribution in [0.5, 0.6) is 0 Å². The molecule has 0 saturated heterocycles. The van der Waals surface area contributed by atoms with Crippen molar-refractivity contribution < 1.29 is 4.39 Å². The van der Waals surface area contributed by atoms with E-state index in [0.717, 1.165) is 12.0 Å². The highest BCUT2D eigenvalue weighted by Crippen LogP contribution is 2.13. The lowest BCUT2D eigenvalue weighted by atomic mass is 10.1. The van der Waals surface area contributed by atoms with E-state index in [-0.39, 0.29) is 5.82 Å². The maximum absolute atomic E-state index is 13.2. The monoisotopic (exact) mass is 150 g/mol. The first kappa shape index (κ1) is 7.99. The van der Waals surface area contributed by atoms with Gasteiger partial charge in [-0.05, 0) is 12.0 Å². The third kappa shape index (κ3) is 1.48. The Hall–Kier alpha value is -1.11. The Kier molecular flexibility index (Phi) is 2.42. The van der Waals surface area contributed by atoms with Crippen LogP contribution in [0.2, 0.25) is 0 Å². The minimum absolute atomic E-state index is 0.134. The average Bonchev–Trinajstić information content (AvgIpc) is 2.05. The van der Waals surface area contributed by atoms with Gasteiger partial charge < -0.3 is 0 Å². The Morgan fingerprint density at radius 3 is 2.82 bits per heavy atom. The van der Waals surface area contributed by atoms with Crippen molar-refractivity contribution in [1.29, 1.82) is 0 Å². The van der Waals surface area contributed by atoms with Gasteiger partial charge in [0.05, 0.1) is 0 Å². The normalized spacial score (nSPS) is 9.64. The van der Waals surface area contributed by atoms with Crippen molar-refractivity contribution in [2.45, 2.75) is 13.3 Å². The molecule has 0 fully saturated rings. The van der Waals surface area contributed by atoms with Gasteiger partial charge in [-0.2, -0.15) is 0 Å². The molecule has 1 rings (SSSR count). The lowest BCUT2D eigenvalue weighted by molar-refractivity contribution is 0.609. The van der Waals surface area contributed by atoms with Crippen LogP contribution in [0.3, 0.4) is 0 Å². The second-order valence-corrected chi connectivity index (χ2v) is 2.38. The van der Waals surface area contributed by atoms with Crippen LogP contribution in [0.4, 0.5) is 4.39 Å². The predicted molar refractivity (Wildman–Crippen MR) is 45.9 cm³/mol. The summed E-state index contributed by atoms with van der Waals surface area (Å²) in [5.41, 5.74) is 1.34. The van der Waals surface area contributed by atoms with Gasteiger partial charge in [-0.25, -0.2) is 4.39 Å². The van der Waals surface area contributed by atoms with Gasteiger partial charge in [0.1, 0.15) is 5.82 Å². The molecule has 0 N–H and O–H groups in total. The van der Waals surface area contributed by atoms with E-state index >= 15 is 0 Å². The van der Waals surface area contributed by atoms with Crippen LogP contribution in [-0.4, -0.2) is 0 Å². The fourth-order valence-electron chi connectivity index (χ4n) is 1.03. The first-order chi connectivity index (χ1) is 5.29. The summed E-state index contributed by atoms with van der Waals surface area (Å²) in [4.78, 5) is 0. The number of hydrogen-bond acceptors (Lipinski definition) is 0. The summed E-state index contributed by atoms with van der Waals surface area (Å²) in [6.45, 7) is 5.46. The van der Waals surface area contributed by atoms with E-state index in [9.17, 15) is 4.39 Å². The second kappa shape index (κ2) is 3.33. The molecule has 0 radical (unpaired) electrons. The van der Waals surface area contributed by atoms with Crippen molar-refractivity contribution in [1.82, 2.24) is 0 Å². The van der Waals surface area contributed by atoms with E-state index in [2.05, 4.69) is 6.58 Å². The number of rotatable bonds is 2. The molecule has 0 saturated carbocycles. The van der Waals surface area contributed by atoms with Gasteiger partial charge in [-0.15, -0.1) is 0 Å². The lowest BCUT2D eigenvalue weighted by Crippen LogP contribution is -1.89. The standard InChI is InChI=1S/C10H11F/c1-3-8-6-5-7-9(4-2)10(8)11/h3,5-7H,1,4H2,2H3. The average molecular weight is 150 g/mol. The summed E-state index contributed by atoms with van der Waals surface area (Å²) < 4.78 is 13.2. The van der Waals surface area contributed by atoms with E-state index in [0.29, 0.717) is 5.56 Å². The summed E-state index contributed by atoms with van der Waals surface area (Å²) >= 11 is 0. The zero-order chi connectivity index (χ0) is 8.27. The van der Waals surface area contributed by atoms with Gasteiger partial charge in [0.15, 0.2) is 0 Å². The smallest absolute Gasteiger partial charge is 0.133 e. The summed E-state index contributed by atoms with van der Waals surface area (Å²) in [6, 6.07) is 5.36. The summed E-state index contributed by atoms with van der Waals surface area (Å²) in [7, 11) is 0. The van der Waals surface area contributed by atoms with Crippen molar-refractivity contribution in [2.75, 3.05) is 0 Å². The molecule has 0 aliphatic heterocycles. The second-order valence-electron chi connectivity index (χ2n) is 2.38. The maximum Gasteiger partial charge on any atom is 0.133 e. The zero-order valence-corrected chi connectivity index (χ0v) is 6.60. The predicted octanol–water partition coefficient (Wildman–Crippen LogP) is 3.03.